The van der Waals surface area contributed by atoms with Gasteiger partial charge in [0.2, 0.25) is 0 Å². The maximum absolute atomic E-state index is 5.85. The number of thiophene rings is 1. The van der Waals surface area contributed by atoms with Gasteiger partial charge in [-0.15, -0.1) is 11.3 Å². The van der Waals surface area contributed by atoms with E-state index < -0.39 is 0 Å². The van der Waals surface area contributed by atoms with Crippen LogP contribution in [0.25, 0.3) is 0 Å². The van der Waals surface area contributed by atoms with Crippen LogP contribution in [0.1, 0.15) is 11.3 Å². The quantitative estimate of drug-likeness (QED) is 0.776. The summed E-state index contributed by atoms with van der Waals surface area (Å²) in [6.07, 6.45) is 1.14. The molecule has 0 spiro atoms. The Bertz CT molecular complexity index is 326. The van der Waals surface area contributed by atoms with E-state index in [4.69, 9.17) is 21.1 Å². The second-order valence-electron chi connectivity index (χ2n) is 4.19. The van der Waals surface area contributed by atoms with Crippen LogP contribution >= 0.6 is 22.9 Å². The van der Waals surface area contributed by atoms with Gasteiger partial charge in [-0.05, 0) is 18.6 Å². The number of ether oxygens (including phenoxy) is 2. The van der Waals surface area contributed by atoms with Crippen LogP contribution in [-0.2, 0) is 16.0 Å². The number of nitrogens with one attached hydrogen (secondary N) is 1. The van der Waals surface area contributed by atoms with Gasteiger partial charge in [0.15, 0.2) is 0 Å². The maximum Gasteiger partial charge on any atom is 0.0931 e. The van der Waals surface area contributed by atoms with Crippen molar-refractivity contribution >= 4 is 22.9 Å². The van der Waals surface area contributed by atoms with Crippen molar-refractivity contribution in [1.29, 1.82) is 0 Å². The van der Waals surface area contributed by atoms with Gasteiger partial charge in [0, 0.05) is 30.5 Å². The van der Waals surface area contributed by atoms with Crippen LogP contribution in [0.15, 0.2) is 12.1 Å². The van der Waals surface area contributed by atoms with Crippen LogP contribution in [0.3, 0.4) is 0 Å². The normalized spacial score (nSPS) is 19.9. The molecule has 1 saturated heterocycles. The molecule has 0 radical (unpaired) electrons. The van der Waals surface area contributed by atoms with Crippen LogP contribution in [0.2, 0.25) is 4.34 Å². The zero-order valence-corrected chi connectivity index (χ0v) is 11.4. The Morgan fingerprint density at radius 3 is 3.18 bits per heavy atom. The van der Waals surface area contributed by atoms with Gasteiger partial charge in [-0.2, -0.15) is 0 Å². The van der Waals surface area contributed by atoms with Crippen molar-refractivity contribution in [2.75, 3.05) is 33.0 Å². The van der Waals surface area contributed by atoms with E-state index in [1.807, 2.05) is 6.07 Å². The second kappa shape index (κ2) is 7.34. The van der Waals surface area contributed by atoms with Crippen LogP contribution < -0.4 is 5.32 Å². The van der Waals surface area contributed by atoms with E-state index in [1.54, 1.807) is 11.3 Å². The van der Waals surface area contributed by atoms with Crippen molar-refractivity contribution in [2.24, 2.45) is 5.92 Å². The summed E-state index contributed by atoms with van der Waals surface area (Å²) >= 11 is 7.47. The summed E-state index contributed by atoms with van der Waals surface area (Å²) in [7, 11) is 0. The summed E-state index contributed by atoms with van der Waals surface area (Å²) in [5, 5.41) is 3.34. The van der Waals surface area contributed by atoms with Crippen LogP contribution in [0.4, 0.5) is 0 Å². The molecule has 5 heteroatoms. The lowest BCUT2D eigenvalue weighted by Crippen LogP contribution is -2.20. The molecule has 2 heterocycles. The molecule has 0 saturated carbocycles. The number of hydrogen-bond acceptors (Lipinski definition) is 4. The molecule has 1 aromatic heterocycles. The summed E-state index contributed by atoms with van der Waals surface area (Å²) in [5.74, 6) is 0.603. The van der Waals surface area contributed by atoms with E-state index >= 15 is 0 Å². The molecule has 1 aliphatic rings. The highest BCUT2D eigenvalue weighted by Crippen LogP contribution is 2.20. The molecular weight excluding hydrogens is 258 g/mol. The first kappa shape index (κ1) is 13.3. The minimum atomic E-state index is 0.603. The van der Waals surface area contributed by atoms with E-state index in [2.05, 4.69) is 11.4 Å². The van der Waals surface area contributed by atoms with Gasteiger partial charge in [0.05, 0.1) is 24.2 Å². The smallest absolute Gasteiger partial charge is 0.0931 e. The lowest BCUT2D eigenvalue weighted by molar-refractivity contribution is 0.0913. The fraction of sp³-hybridized carbons (Fsp3) is 0.667. The first-order valence-corrected chi connectivity index (χ1v) is 7.14. The largest absolute Gasteiger partial charge is 0.381 e. The van der Waals surface area contributed by atoms with Gasteiger partial charge in [0.1, 0.15) is 0 Å². The van der Waals surface area contributed by atoms with Crippen molar-refractivity contribution in [3.05, 3.63) is 21.3 Å². The van der Waals surface area contributed by atoms with Gasteiger partial charge in [0.25, 0.3) is 0 Å². The average molecular weight is 276 g/mol. The highest BCUT2D eigenvalue weighted by atomic mass is 35.5. The average Bonchev–Trinajstić information content (AvgIpc) is 2.95. The Balaban J connectivity index is 1.46. The summed E-state index contributed by atoms with van der Waals surface area (Å²) < 4.78 is 11.7. The molecule has 0 amide bonds. The lowest BCUT2D eigenvalue weighted by Gasteiger charge is -2.08. The number of halogens is 1. The van der Waals surface area contributed by atoms with E-state index in [9.17, 15) is 0 Å². The lowest BCUT2D eigenvalue weighted by atomic mass is 10.1. The highest BCUT2D eigenvalue weighted by Gasteiger charge is 2.14. The number of hydrogen-bond donors (Lipinski definition) is 1. The number of rotatable bonds is 7. The highest BCUT2D eigenvalue weighted by molar-refractivity contribution is 7.16. The molecule has 1 aliphatic heterocycles. The van der Waals surface area contributed by atoms with Crippen molar-refractivity contribution in [3.8, 4) is 0 Å². The van der Waals surface area contributed by atoms with E-state index in [1.165, 1.54) is 4.88 Å². The zero-order valence-electron chi connectivity index (χ0n) is 9.78. The maximum atomic E-state index is 5.85. The molecule has 0 aromatic carbocycles. The third kappa shape index (κ3) is 4.94. The molecule has 0 bridgehead atoms. The van der Waals surface area contributed by atoms with Crippen molar-refractivity contribution in [3.63, 3.8) is 0 Å². The fourth-order valence-electron chi connectivity index (χ4n) is 1.77. The van der Waals surface area contributed by atoms with Crippen molar-refractivity contribution < 1.29 is 9.47 Å². The minimum Gasteiger partial charge on any atom is -0.381 e. The standard InChI is InChI=1S/C12H18ClNO2S/c13-12-2-1-11(17-12)7-14-4-6-16-9-10-3-5-15-8-10/h1-2,10,14H,3-9H2. The van der Waals surface area contributed by atoms with E-state index in [0.717, 1.165) is 50.3 Å². The summed E-state index contributed by atoms with van der Waals surface area (Å²) in [6, 6.07) is 3.98. The third-order valence-electron chi connectivity index (χ3n) is 2.73. The molecular formula is C12H18ClNO2S. The van der Waals surface area contributed by atoms with Gasteiger partial charge >= 0.3 is 0 Å². The first-order valence-electron chi connectivity index (χ1n) is 5.95. The van der Waals surface area contributed by atoms with E-state index in [0.29, 0.717) is 5.92 Å². The Labute approximate surface area is 111 Å². The minimum absolute atomic E-state index is 0.603. The molecule has 1 atom stereocenters. The van der Waals surface area contributed by atoms with Crippen LogP contribution in [0, 0.1) is 5.92 Å². The van der Waals surface area contributed by atoms with Crippen LogP contribution in [-0.4, -0.2) is 33.0 Å². The monoisotopic (exact) mass is 275 g/mol. The Hall–Kier alpha value is -0.130. The SMILES string of the molecule is Clc1ccc(CNCCOCC2CCOC2)s1. The molecule has 1 fully saturated rings. The topological polar surface area (TPSA) is 30.5 Å². The fourth-order valence-corrected chi connectivity index (χ4v) is 2.82. The van der Waals surface area contributed by atoms with E-state index in [-0.39, 0.29) is 0 Å². The Morgan fingerprint density at radius 1 is 1.53 bits per heavy atom. The Kier molecular flexibility index (Phi) is 5.74. The first-order chi connectivity index (χ1) is 8.34. The molecule has 1 unspecified atom stereocenters. The molecule has 17 heavy (non-hydrogen) atoms. The Morgan fingerprint density at radius 2 is 2.47 bits per heavy atom. The van der Waals surface area contributed by atoms with Crippen molar-refractivity contribution in [2.45, 2.75) is 13.0 Å². The summed E-state index contributed by atoms with van der Waals surface area (Å²) in [4.78, 5) is 1.26. The van der Waals surface area contributed by atoms with Gasteiger partial charge < -0.3 is 14.8 Å². The molecule has 96 valence electrons. The predicted molar refractivity (Wildman–Crippen MR) is 70.8 cm³/mol. The molecule has 1 aromatic rings. The van der Waals surface area contributed by atoms with Crippen molar-refractivity contribution in [1.82, 2.24) is 5.32 Å². The second-order valence-corrected chi connectivity index (χ2v) is 5.99. The zero-order chi connectivity index (χ0) is 11.9. The molecule has 1 N–H and O–H groups in total. The van der Waals surface area contributed by atoms with Gasteiger partial charge in [-0.25, -0.2) is 0 Å². The van der Waals surface area contributed by atoms with Gasteiger partial charge in [-0.3, -0.25) is 0 Å². The molecule has 3 nitrogen and oxygen atoms in total. The van der Waals surface area contributed by atoms with Gasteiger partial charge in [-0.1, -0.05) is 11.6 Å². The molecule has 0 aliphatic carbocycles. The third-order valence-corrected chi connectivity index (χ3v) is 3.96. The summed E-state index contributed by atoms with van der Waals surface area (Å²) in [6.45, 7) is 5.09. The van der Waals surface area contributed by atoms with Crippen LogP contribution in [0.5, 0.6) is 0 Å². The molecule has 2 rings (SSSR count). The predicted octanol–water partition coefficient (Wildman–Crippen LogP) is 2.54. The summed E-state index contributed by atoms with van der Waals surface area (Å²) in [5.41, 5.74) is 0.